The van der Waals surface area contributed by atoms with Gasteiger partial charge in [0.05, 0.1) is 23.0 Å². The van der Waals surface area contributed by atoms with Crippen molar-refractivity contribution in [1.29, 1.82) is 0 Å². The van der Waals surface area contributed by atoms with E-state index in [1.807, 2.05) is 67.6 Å². The molecule has 32 heavy (non-hydrogen) atoms. The second kappa shape index (κ2) is 9.27. The van der Waals surface area contributed by atoms with Gasteiger partial charge in [0.1, 0.15) is 0 Å². The monoisotopic (exact) mass is 449 g/mol. The molecule has 0 unspecified atom stereocenters. The highest BCUT2D eigenvalue weighted by Crippen LogP contribution is 2.38. The zero-order valence-corrected chi connectivity index (χ0v) is 18.8. The zero-order chi connectivity index (χ0) is 22.6. The van der Waals surface area contributed by atoms with Crippen LogP contribution in [0.15, 0.2) is 89.8 Å². The van der Waals surface area contributed by atoms with Gasteiger partial charge in [-0.05, 0) is 49.4 Å². The number of carbonyl (C=O) groups is 1. The molecule has 0 aliphatic carbocycles. The molecule has 1 fully saturated rings. The molecule has 6 heteroatoms. The zero-order valence-electron chi connectivity index (χ0n) is 18.0. The van der Waals surface area contributed by atoms with E-state index in [-0.39, 0.29) is 23.5 Å². The normalized spacial score (nSPS) is 17.8. The molecule has 1 heterocycles. The van der Waals surface area contributed by atoms with E-state index in [1.165, 1.54) is 12.1 Å². The van der Waals surface area contributed by atoms with E-state index in [9.17, 15) is 13.2 Å². The Kier molecular flexibility index (Phi) is 6.44. The van der Waals surface area contributed by atoms with Crippen LogP contribution in [0, 0.1) is 12.3 Å². The van der Waals surface area contributed by atoms with Crippen LogP contribution in [0.25, 0.3) is 0 Å². The van der Waals surface area contributed by atoms with E-state index < -0.39 is 15.5 Å². The molecule has 3 aromatic rings. The van der Waals surface area contributed by atoms with Crippen LogP contribution in [0.1, 0.15) is 23.1 Å². The summed E-state index contributed by atoms with van der Waals surface area (Å²) in [4.78, 5) is 13.3. The average molecular weight is 450 g/mol. The lowest BCUT2D eigenvalue weighted by atomic mass is 9.74. The SMILES string of the molecule is Cc1ccc(S(=O)(=O)OC[C@@H]2CC(Cc3ccccc3)(Cc3ccccc3)C(=O)N2)cc1. The summed E-state index contributed by atoms with van der Waals surface area (Å²) in [6.07, 6.45) is 1.66. The number of rotatable bonds is 8. The molecular weight excluding hydrogens is 422 g/mol. The lowest BCUT2D eigenvalue weighted by molar-refractivity contribution is -0.127. The number of amides is 1. The van der Waals surface area contributed by atoms with Gasteiger partial charge in [0.15, 0.2) is 0 Å². The minimum absolute atomic E-state index is 0.0634. The first-order valence-electron chi connectivity index (χ1n) is 10.7. The van der Waals surface area contributed by atoms with Crippen LogP contribution in [-0.4, -0.2) is 27.0 Å². The number of aryl methyl sites for hydroxylation is 1. The van der Waals surface area contributed by atoms with Crippen molar-refractivity contribution in [2.45, 2.75) is 37.1 Å². The van der Waals surface area contributed by atoms with Gasteiger partial charge in [-0.25, -0.2) is 0 Å². The summed E-state index contributed by atoms with van der Waals surface area (Å²) >= 11 is 0. The van der Waals surface area contributed by atoms with Gasteiger partial charge >= 0.3 is 0 Å². The minimum atomic E-state index is -3.89. The maximum Gasteiger partial charge on any atom is 0.297 e. The molecule has 166 valence electrons. The summed E-state index contributed by atoms with van der Waals surface area (Å²) in [6.45, 7) is 1.80. The molecule has 0 radical (unpaired) electrons. The maximum atomic E-state index is 13.2. The average Bonchev–Trinajstić information content (AvgIpc) is 3.09. The smallest absolute Gasteiger partial charge is 0.297 e. The van der Waals surface area contributed by atoms with Gasteiger partial charge in [-0.1, -0.05) is 78.4 Å². The Morgan fingerprint density at radius 1 is 0.875 bits per heavy atom. The Bertz CT molecular complexity index is 1120. The fraction of sp³-hybridized carbons (Fsp3) is 0.269. The molecule has 0 aromatic heterocycles. The molecule has 0 saturated carbocycles. The molecule has 1 N–H and O–H groups in total. The minimum Gasteiger partial charge on any atom is -0.350 e. The van der Waals surface area contributed by atoms with Crippen LogP contribution in [-0.2, 0) is 31.9 Å². The molecule has 1 saturated heterocycles. The van der Waals surface area contributed by atoms with Crippen molar-refractivity contribution in [2.75, 3.05) is 6.61 Å². The van der Waals surface area contributed by atoms with E-state index in [1.54, 1.807) is 12.1 Å². The van der Waals surface area contributed by atoms with Gasteiger partial charge in [-0.15, -0.1) is 0 Å². The van der Waals surface area contributed by atoms with E-state index in [0.29, 0.717) is 19.3 Å². The van der Waals surface area contributed by atoms with E-state index >= 15 is 0 Å². The Hall–Kier alpha value is -2.96. The van der Waals surface area contributed by atoms with Crippen molar-refractivity contribution >= 4 is 16.0 Å². The van der Waals surface area contributed by atoms with Gasteiger partial charge in [0, 0.05) is 0 Å². The van der Waals surface area contributed by atoms with Crippen LogP contribution in [0.5, 0.6) is 0 Å². The molecule has 0 spiro atoms. The summed E-state index contributed by atoms with van der Waals surface area (Å²) < 4.78 is 30.5. The fourth-order valence-electron chi connectivity index (χ4n) is 4.34. The Balaban J connectivity index is 1.52. The van der Waals surface area contributed by atoms with Gasteiger partial charge in [-0.2, -0.15) is 8.42 Å². The van der Waals surface area contributed by atoms with Gasteiger partial charge < -0.3 is 5.32 Å². The third-order valence-electron chi connectivity index (χ3n) is 5.96. The standard InChI is InChI=1S/C26H27NO4S/c1-20-12-14-24(15-13-20)32(29,30)31-19-23-18-26(25(28)27-23,16-21-8-4-2-5-9-21)17-22-10-6-3-7-11-22/h2-15,23H,16-19H2,1H3,(H,27,28)/t23-/m0/s1. The Morgan fingerprint density at radius 3 is 1.94 bits per heavy atom. The first-order valence-corrected chi connectivity index (χ1v) is 12.1. The Labute approximate surface area is 189 Å². The highest BCUT2D eigenvalue weighted by Gasteiger charge is 2.47. The van der Waals surface area contributed by atoms with E-state index in [0.717, 1.165) is 16.7 Å². The number of carbonyl (C=O) groups excluding carboxylic acids is 1. The molecule has 1 aliphatic rings. The second-order valence-electron chi connectivity index (χ2n) is 8.53. The lowest BCUT2D eigenvalue weighted by Crippen LogP contribution is -2.36. The third-order valence-corrected chi connectivity index (χ3v) is 7.25. The summed E-state index contributed by atoms with van der Waals surface area (Å²) in [5.74, 6) is -0.0634. The van der Waals surface area contributed by atoms with Crippen LogP contribution in [0.4, 0.5) is 0 Å². The molecular formula is C26H27NO4S. The topological polar surface area (TPSA) is 72.5 Å². The molecule has 1 aliphatic heterocycles. The molecule has 0 bridgehead atoms. The fourth-order valence-corrected chi connectivity index (χ4v) is 5.29. The summed E-state index contributed by atoms with van der Waals surface area (Å²) in [5.41, 5.74) is 2.46. The lowest BCUT2D eigenvalue weighted by Gasteiger charge is -2.27. The van der Waals surface area contributed by atoms with Crippen molar-refractivity contribution in [3.05, 3.63) is 102 Å². The van der Waals surface area contributed by atoms with Crippen LogP contribution < -0.4 is 5.32 Å². The van der Waals surface area contributed by atoms with Crippen molar-refractivity contribution < 1.29 is 17.4 Å². The second-order valence-corrected chi connectivity index (χ2v) is 10.1. The van der Waals surface area contributed by atoms with E-state index in [4.69, 9.17) is 4.18 Å². The summed E-state index contributed by atoms with van der Waals surface area (Å²) in [6, 6.07) is 26.0. The van der Waals surface area contributed by atoms with Crippen molar-refractivity contribution in [3.8, 4) is 0 Å². The third kappa shape index (κ3) is 5.09. The van der Waals surface area contributed by atoms with Crippen molar-refractivity contribution in [1.82, 2.24) is 5.32 Å². The summed E-state index contributed by atoms with van der Waals surface area (Å²) in [5, 5.41) is 2.99. The molecule has 5 nitrogen and oxygen atoms in total. The first kappa shape index (κ1) is 22.2. The highest BCUT2D eigenvalue weighted by molar-refractivity contribution is 7.86. The first-order chi connectivity index (χ1) is 15.4. The number of hydrogen-bond donors (Lipinski definition) is 1. The van der Waals surface area contributed by atoms with Gasteiger partial charge in [0.25, 0.3) is 10.1 Å². The Morgan fingerprint density at radius 2 is 1.41 bits per heavy atom. The summed E-state index contributed by atoms with van der Waals surface area (Å²) in [7, 11) is -3.89. The molecule has 1 atom stereocenters. The highest BCUT2D eigenvalue weighted by atomic mass is 32.2. The van der Waals surface area contributed by atoms with Crippen LogP contribution in [0.2, 0.25) is 0 Å². The van der Waals surface area contributed by atoms with Crippen molar-refractivity contribution in [2.24, 2.45) is 5.41 Å². The predicted octanol–water partition coefficient (Wildman–Crippen LogP) is 4.06. The van der Waals surface area contributed by atoms with E-state index in [2.05, 4.69) is 5.32 Å². The maximum absolute atomic E-state index is 13.2. The van der Waals surface area contributed by atoms with Gasteiger partial charge in [-0.3, -0.25) is 8.98 Å². The molecule has 1 amide bonds. The van der Waals surface area contributed by atoms with Gasteiger partial charge in [0.2, 0.25) is 5.91 Å². The number of hydrogen-bond acceptors (Lipinski definition) is 4. The number of benzene rings is 3. The molecule has 4 rings (SSSR count). The molecule has 3 aromatic carbocycles. The van der Waals surface area contributed by atoms with Crippen molar-refractivity contribution in [3.63, 3.8) is 0 Å². The van der Waals surface area contributed by atoms with Crippen LogP contribution >= 0.6 is 0 Å². The van der Waals surface area contributed by atoms with Crippen LogP contribution in [0.3, 0.4) is 0 Å². The largest absolute Gasteiger partial charge is 0.350 e. The number of nitrogens with one attached hydrogen (secondary N) is 1. The predicted molar refractivity (Wildman–Crippen MR) is 124 cm³/mol. The quantitative estimate of drug-likeness (QED) is 0.527.